The zero-order valence-corrected chi connectivity index (χ0v) is 9.30. The van der Waals surface area contributed by atoms with Crippen molar-refractivity contribution in [2.45, 2.75) is 6.42 Å². The van der Waals surface area contributed by atoms with Crippen LogP contribution in [0.15, 0.2) is 24.3 Å². The molecule has 2 rings (SSSR count). The Kier molecular flexibility index (Phi) is 3.89. The van der Waals surface area contributed by atoms with E-state index in [1.807, 2.05) is 0 Å². The molecule has 1 N–H and O–H groups in total. The molecule has 6 heteroatoms. The number of non-ortho nitro benzene ring substituents is 1. The summed E-state index contributed by atoms with van der Waals surface area (Å²) in [6.45, 7) is 2.12. The number of nitrogens with zero attached hydrogens (tertiary/aromatic N) is 1. The standard InChI is InChI=1S/C11H14N2O4/c14-13(15)11-3-1-10(2-4-11)12-17-8-9-5-6-16-7-9/h1-4,9,12H,5-8H2. The normalized spacial score (nSPS) is 19.2. The Labute approximate surface area is 98.6 Å². The highest BCUT2D eigenvalue weighted by atomic mass is 16.6. The molecule has 0 saturated carbocycles. The van der Waals surface area contributed by atoms with Crippen molar-refractivity contribution in [1.82, 2.24) is 0 Å². The summed E-state index contributed by atoms with van der Waals surface area (Å²) < 4.78 is 5.22. The molecule has 17 heavy (non-hydrogen) atoms. The summed E-state index contributed by atoms with van der Waals surface area (Å²) in [6.07, 6.45) is 1.02. The number of hydrogen-bond donors (Lipinski definition) is 1. The van der Waals surface area contributed by atoms with E-state index in [0.29, 0.717) is 18.2 Å². The van der Waals surface area contributed by atoms with Gasteiger partial charge in [0.1, 0.15) is 0 Å². The van der Waals surface area contributed by atoms with E-state index in [1.54, 1.807) is 12.1 Å². The van der Waals surface area contributed by atoms with Crippen molar-refractivity contribution in [3.8, 4) is 0 Å². The number of nitrogens with one attached hydrogen (secondary N) is 1. The molecule has 92 valence electrons. The quantitative estimate of drug-likeness (QED) is 0.627. The summed E-state index contributed by atoms with van der Waals surface area (Å²) in [5, 5.41) is 10.4. The average Bonchev–Trinajstić information content (AvgIpc) is 2.83. The van der Waals surface area contributed by atoms with Crippen molar-refractivity contribution in [3.05, 3.63) is 34.4 Å². The van der Waals surface area contributed by atoms with Crippen molar-refractivity contribution < 1.29 is 14.5 Å². The Balaban J connectivity index is 1.76. The minimum absolute atomic E-state index is 0.0692. The number of nitro benzene ring substituents is 1. The van der Waals surface area contributed by atoms with Crippen molar-refractivity contribution in [1.29, 1.82) is 0 Å². The third kappa shape index (κ3) is 3.40. The summed E-state index contributed by atoms with van der Waals surface area (Å²) in [5.41, 5.74) is 3.53. The second kappa shape index (κ2) is 5.60. The van der Waals surface area contributed by atoms with Crippen molar-refractivity contribution in [3.63, 3.8) is 0 Å². The lowest BCUT2D eigenvalue weighted by Gasteiger charge is -2.09. The van der Waals surface area contributed by atoms with Crippen LogP contribution in [0.3, 0.4) is 0 Å². The first-order valence-corrected chi connectivity index (χ1v) is 5.46. The van der Waals surface area contributed by atoms with Crippen LogP contribution in [0, 0.1) is 16.0 Å². The zero-order chi connectivity index (χ0) is 12.1. The highest BCUT2D eigenvalue weighted by Crippen LogP contribution is 2.16. The van der Waals surface area contributed by atoms with Crippen LogP contribution in [0.2, 0.25) is 0 Å². The largest absolute Gasteiger partial charge is 0.381 e. The van der Waals surface area contributed by atoms with E-state index in [4.69, 9.17) is 9.57 Å². The molecular weight excluding hydrogens is 224 g/mol. The molecule has 1 aliphatic rings. The van der Waals surface area contributed by atoms with E-state index in [9.17, 15) is 10.1 Å². The molecule has 1 aromatic carbocycles. The predicted molar refractivity (Wildman–Crippen MR) is 61.6 cm³/mol. The van der Waals surface area contributed by atoms with Gasteiger partial charge in [-0.25, -0.2) is 0 Å². The molecule has 1 atom stereocenters. The highest BCUT2D eigenvalue weighted by Gasteiger charge is 2.15. The lowest BCUT2D eigenvalue weighted by Crippen LogP contribution is -2.12. The second-order valence-corrected chi connectivity index (χ2v) is 3.95. The van der Waals surface area contributed by atoms with Crippen LogP contribution < -0.4 is 5.48 Å². The van der Waals surface area contributed by atoms with Crippen LogP contribution in [0.5, 0.6) is 0 Å². The van der Waals surface area contributed by atoms with Crippen LogP contribution in [0.25, 0.3) is 0 Å². The smallest absolute Gasteiger partial charge is 0.269 e. The Hall–Kier alpha value is -1.66. The lowest BCUT2D eigenvalue weighted by molar-refractivity contribution is -0.384. The zero-order valence-electron chi connectivity index (χ0n) is 9.30. The minimum Gasteiger partial charge on any atom is -0.381 e. The van der Waals surface area contributed by atoms with Gasteiger partial charge >= 0.3 is 0 Å². The van der Waals surface area contributed by atoms with Crippen LogP contribution in [-0.2, 0) is 9.57 Å². The Bertz CT molecular complexity index is 374. The van der Waals surface area contributed by atoms with Crippen LogP contribution in [0.4, 0.5) is 11.4 Å². The molecule has 0 bridgehead atoms. The van der Waals surface area contributed by atoms with Gasteiger partial charge in [0.25, 0.3) is 5.69 Å². The Morgan fingerprint density at radius 3 is 2.82 bits per heavy atom. The summed E-state index contributed by atoms with van der Waals surface area (Å²) in [6, 6.07) is 6.10. The summed E-state index contributed by atoms with van der Waals surface area (Å²) in [5.74, 6) is 0.431. The van der Waals surface area contributed by atoms with Gasteiger partial charge < -0.3 is 4.74 Å². The van der Waals surface area contributed by atoms with Gasteiger partial charge in [-0.2, -0.15) is 0 Å². The minimum atomic E-state index is -0.430. The van der Waals surface area contributed by atoms with Crippen LogP contribution in [-0.4, -0.2) is 24.7 Å². The number of nitro groups is 1. The highest BCUT2D eigenvalue weighted by molar-refractivity contribution is 5.46. The van der Waals surface area contributed by atoms with Crippen LogP contribution >= 0.6 is 0 Å². The molecule has 6 nitrogen and oxygen atoms in total. The van der Waals surface area contributed by atoms with E-state index in [1.165, 1.54) is 12.1 Å². The SMILES string of the molecule is O=[N+]([O-])c1ccc(NOCC2CCOC2)cc1. The first-order chi connectivity index (χ1) is 8.25. The number of benzene rings is 1. The molecular formula is C11H14N2O4. The molecule has 1 unspecified atom stereocenters. The molecule has 0 radical (unpaired) electrons. The summed E-state index contributed by atoms with van der Waals surface area (Å²) in [7, 11) is 0. The summed E-state index contributed by atoms with van der Waals surface area (Å²) >= 11 is 0. The van der Waals surface area contributed by atoms with Crippen molar-refractivity contribution in [2.24, 2.45) is 5.92 Å². The first-order valence-electron chi connectivity index (χ1n) is 5.46. The second-order valence-electron chi connectivity index (χ2n) is 3.95. The van der Waals surface area contributed by atoms with Gasteiger partial charge in [0.05, 0.1) is 23.8 Å². The molecule has 0 spiro atoms. The van der Waals surface area contributed by atoms with Crippen LogP contribution in [0.1, 0.15) is 6.42 Å². The van der Waals surface area contributed by atoms with E-state index in [0.717, 1.165) is 19.6 Å². The molecule has 0 amide bonds. The lowest BCUT2D eigenvalue weighted by atomic mass is 10.1. The Morgan fingerprint density at radius 1 is 1.47 bits per heavy atom. The fourth-order valence-electron chi connectivity index (χ4n) is 1.61. The van der Waals surface area contributed by atoms with E-state index in [2.05, 4.69) is 5.48 Å². The number of anilines is 1. The van der Waals surface area contributed by atoms with E-state index in [-0.39, 0.29) is 5.69 Å². The number of hydrogen-bond acceptors (Lipinski definition) is 5. The number of rotatable bonds is 5. The van der Waals surface area contributed by atoms with Gasteiger partial charge in [-0.3, -0.25) is 20.4 Å². The molecule has 0 aliphatic carbocycles. The maximum absolute atomic E-state index is 10.4. The predicted octanol–water partition coefficient (Wildman–Crippen LogP) is 1.97. The molecule has 1 aliphatic heterocycles. The molecule has 1 saturated heterocycles. The first kappa shape index (κ1) is 11.8. The molecule has 1 aromatic rings. The van der Waals surface area contributed by atoms with E-state index < -0.39 is 4.92 Å². The van der Waals surface area contributed by atoms with Gasteiger partial charge in [0.2, 0.25) is 0 Å². The fourth-order valence-corrected chi connectivity index (χ4v) is 1.61. The summed E-state index contributed by atoms with van der Waals surface area (Å²) in [4.78, 5) is 15.3. The Morgan fingerprint density at radius 2 is 2.24 bits per heavy atom. The van der Waals surface area contributed by atoms with Gasteiger partial charge in [-0.05, 0) is 18.6 Å². The van der Waals surface area contributed by atoms with Crippen molar-refractivity contribution >= 4 is 11.4 Å². The number of ether oxygens (including phenoxy) is 1. The fraction of sp³-hybridized carbons (Fsp3) is 0.455. The monoisotopic (exact) mass is 238 g/mol. The maximum Gasteiger partial charge on any atom is 0.269 e. The van der Waals surface area contributed by atoms with Gasteiger partial charge in [-0.15, -0.1) is 0 Å². The average molecular weight is 238 g/mol. The topological polar surface area (TPSA) is 73.6 Å². The molecule has 1 heterocycles. The molecule has 1 fully saturated rings. The van der Waals surface area contributed by atoms with Gasteiger partial charge in [-0.1, -0.05) is 0 Å². The van der Waals surface area contributed by atoms with E-state index >= 15 is 0 Å². The van der Waals surface area contributed by atoms with Gasteiger partial charge in [0, 0.05) is 24.7 Å². The third-order valence-corrected chi connectivity index (χ3v) is 2.61. The van der Waals surface area contributed by atoms with Gasteiger partial charge in [0.15, 0.2) is 0 Å². The van der Waals surface area contributed by atoms with Crippen molar-refractivity contribution in [2.75, 3.05) is 25.3 Å². The third-order valence-electron chi connectivity index (χ3n) is 2.61. The maximum atomic E-state index is 10.4. The molecule has 0 aromatic heterocycles.